The van der Waals surface area contributed by atoms with Crippen molar-refractivity contribution >= 4 is 17.2 Å². The number of carbonyl (C=O) groups is 1. The summed E-state index contributed by atoms with van der Waals surface area (Å²) < 4.78 is 13.1. The van der Waals surface area contributed by atoms with E-state index in [0.29, 0.717) is 48.5 Å². The minimum absolute atomic E-state index is 0.0382. The normalized spacial score (nSPS) is 13.7. The van der Waals surface area contributed by atoms with Crippen LogP contribution in [-0.2, 0) is 24.2 Å². The predicted octanol–water partition coefficient (Wildman–Crippen LogP) is 2.97. The van der Waals surface area contributed by atoms with Crippen molar-refractivity contribution in [2.45, 2.75) is 53.2 Å². The van der Waals surface area contributed by atoms with Gasteiger partial charge >= 0.3 is 0 Å². The molecule has 1 amide bonds. The van der Waals surface area contributed by atoms with Crippen molar-refractivity contribution in [1.29, 1.82) is 0 Å². The van der Waals surface area contributed by atoms with Gasteiger partial charge in [0.15, 0.2) is 11.5 Å². The number of rotatable bonds is 6. The third-order valence-corrected chi connectivity index (χ3v) is 6.18. The first-order chi connectivity index (χ1) is 14.3. The zero-order chi connectivity index (χ0) is 21.4. The Balaban J connectivity index is 1.47. The number of hydrogen-bond acceptors (Lipinski definition) is 8. The number of likely N-dealkylation sites (N-methyl/N-ethyl adjacent to an activating group) is 1. The van der Waals surface area contributed by atoms with Gasteiger partial charge in [-0.15, -0.1) is 11.3 Å². The zero-order valence-electron chi connectivity index (χ0n) is 17.9. The fraction of sp³-hybridized carbons (Fsp3) is 0.550. The van der Waals surface area contributed by atoms with Gasteiger partial charge in [0.2, 0.25) is 0 Å². The molecule has 30 heavy (non-hydrogen) atoms. The maximum absolute atomic E-state index is 12.7. The van der Waals surface area contributed by atoms with E-state index in [-0.39, 0.29) is 11.9 Å². The maximum atomic E-state index is 12.7. The lowest BCUT2D eigenvalue weighted by atomic mass is 10.1. The molecule has 0 bridgehead atoms. The Morgan fingerprint density at radius 2 is 2.10 bits per heavy atom. The third-order valence-electron chi connectivity index (χ3n) is 5.12. The molecule has 0 aliphatic carbocycles. The summed E-state index contributed by atoms with van der Waals surface area (Å²) in [7, 11) is 1.77. The Kier molecular flexibility index (Phi) is 5.70. The summed E-state index contributed by atoms with van der Waals surface area (Å²) in [6, 6.07) is 0.242. The summed E-state index contributed by atoms with van der Waals surface area (Å²) in [5.74, 6) is 0.907. The maximum Gasteiger partial charge on any atom is 0.278 e. The van der Waals surface area contributed by atoms with Gasteiger partial charge in [0, 0.05) is 43.7 Å². The number of ether oxygens (including phenoxy) is 1. The summed E-state index contributed by atoms with van der Waals surface area (Å²) in [6.07, 6.45) is 1.32. The number of amides is 1. The Morgan fingerprint density at radius 1 is 1.30 bits per heavy atom. The van der Waals surface area contributed by atoms with Gasteiger partial charge in [0.05, 0.1) is 23.9 Å². The molecule has 4 rings (SSSR count). The van der Waals surface area contributed by atoms with E-state index in [1.54, 1.807) is 11.9 Å². The number of nitrogens with zero attached hydrogens (tertiary/aromatic N) is 6. The van der Waals surface area contributed by atoms with Gasteiger partial charge in [-0.05, 0) is 27.7 Å². The third kappa shape index (κ3) is 3.89. The van der Waals surface area contributed by atoms with E-state index in [9.17, 15) is 4.79 Å². The molecule has 0 unspecified atom stereocenters. The molecule has 1 aliphatic heterocycles. The Hall–Kier alpha value is -2.59. The standard InChI is InChI=1S/C20H26N6O3S/c1-11(2)26-15-7-9-28-10-14(15)17(23-26)19-22-16(24-29-19)6-8-25(5)20(27)18-12(3)21-13(4)30-18/h11H,6-10H2,1-5H3. The van der Waals surface area contributed by atoms with Crippen LogP contribution in [0.25, 0.3) is 11.6 Å². The highest BCUT2D eigenvalue weighted by atomic mass is 32.1. The average Bonchev–Trinajstić information content (AvgIpc) is 3.41. The summed E-state index contributed by atoms with van der Waals surface area (Å²) in [5.41, 5.74) is 3.65. The Morgan fingerprint density at radius 3 is 2.80 bits per heavy atom. The van der Waals surface area contributed by atoms with Crippen LogP contribution in [0.5, 0.6) is 0 Å². The second kappa shape index (κ2) is 8.27. The van der Waals surface area contributed by atoms with Gasteiger partial charge < -0.3 is 14.2 Å². The van der Waals surface area contributed by atoms with Crippen molar-refractivity contribution in [3.63, 3.8) is 0 Å². The topological polar surface area (TPSA) is 99.2 Å². The Bertz CT molecular complexity index is 1070. The molecule has 0 atom stereocenters. The molecular formula is C20H26N6O3S. The first kappa shape index (κ1) is 20.7. The molecule has 0 radical (unpaired) electrons. The lowest BCUT2D eigenvalue weighted by Gasteiger charge is -2.16. The van der Waals surface area contributed by atoms with E-state index >= 15 is 0 Å². The van der Waals surface area contributed by atoms with Crippen molar-refractivity contribution < 1.29 is 14.1 Å². The monoisotopic (exact) mass is 430 g/mol. The van der Waals surface area contributed by atoms with Crippen LogP contribution < -0.4 is 0 Å². The summed E-state index contributed by atoms with van der Waals surface area (Å²) in [6.45, 7) is 9.64. The minimum Gasteiger partial charge on any atom is -0.376 e. The molecule has 3 aromatic heterocycles. The molecule has 0 spiro atoms. The number of aryl methyl sites for hydroxylation is 2. The highest BCUT2D eigenvalue weighted by Gasteiger charge is 2.27. The van der Waals surface area contributed by atoms with Gasteiger partial charge in [-0.3, -0.25) is 9.48 Å². The van der Waals surface area contributed by atoms with E-state index in [1.807, 2.05) is 18.5 Å². The van der Waals surface area contributed by atoms with Crippen LogP contribution in [0, 0.1) is 13.8 Å². The van der Waals surface area contributed by atoms with Crippen LogP contribution in [0.2, 0.25) is 0 Å². The van der Waals surface area contributed by atoms with Gasteiger partial charge in [-0.1, -0.05) is 5.16 Å². The van der Waals surface area contributed by atoms with E-state index in [1.165, 1.54) is 17.0 Å². The second-order valence-electron chi connectivity index (χ2n) is 7.75. The molecule has 10 heteroatoms. The molecule has 3 aromatic rings. The van der Waals surface area contributed by atoms with Crippen LogP contribution in [0.15, 0.2) is 4.52 Å². The molecule has 0 aromatic carbocycles. The van der Waals surface area contributed by atoms with E-state index in [2.05, 4.69) is 29.0 Å². The van der Waals surface area contributed by atoms with Crippen LogP contribution in [0.4, 0.5) is 0 Å². The summed E-state index contributed by atoms with van der Waals surface area (Å²) >= 11 is 1.42. The van der Waals surface area contributed by atoms with Crippen molar-refractivity contribution in [3.8, 4) is 11.6 Å². The van der Waals surface area contributed by atoms with E-state index in [4.69, 9.17) is 14.4 Å². The molecule has 9 nitrogen and oxygen atoms in total. The minimum atomic E-state index is -0.0382. The first-order valence-corrected chi connectivity index (χ1v) is 10.9. The van der Waals surface area contributed by atoms with Crippen LogP contribution >= 0.6 is 11.3 Å². The highest BCUT2D eigenvalue weighted by Crippen LogP contribution is 2.30. The number of fused-ring (bicyclic) bond motifs is 1. The summed E-state index contributed by atoms with van der Waals surface area (Å²) in [5, 5.41) is 9.71. The van der Waals surface area contributed by atoms with Gasteiger partial charge in [-0.25, -0.2) is 4.98 Å². The van der Waals surface area contributed by atoms with Crippen molar-refractivity contribution in [1.82, 2.24) is 29.8 Å². The van der Waals surface area contributed by atoms with Crippen LogP contribution in [-0.4, -0.2) is 55.9 Å². The van der Waals surface area contributed by atoms with Crippen LogP contribution in [0.3, 0.4) is 0 Å². The molecule has 0 fully saturated rings. The smallest absolute Gasteiger partial charge is 0.278 e. The number of aromatic nitrogens is 5. The second-order valence-corrected chi connectivity index (χ2v) is 8.96. The molecule has 160 valence electrons. The fourth-order valence-electron chi connectivity index (χ4n) is 3.59. The number of carbonyl (C=O) groups excluding carboxylic acids is 1. The van der Waals surface area contributed by atoms with Crippen molar-refractivity contribution in [2.75, 3.05) is 20.2 Å². The first-order valence-electron chi connectivity index (χ1n) is 10.1. The lowest BCUT2D eigenvalue weighted by Crippen LogP contribution is -2.28. The molecule has 0 N–H and O–H groups in total. The molecule has 0 saturated heterocycles. The molecular weight excluding hydrogens is 404 g/mol. The van der Waals surface area contributed by atoms with E-state index < -0.39 is 0 Å². The largest absolute Gasteiger partial charge is 0.376 e. The highest BCUT2D eigenvalue weighted by molar-refractivity contribution is 7.13. The lowest BCUT2D eigenvalue weighted by molar-refractivity contribution is 0.0799. The average molecular weight is 431 g/mol. The van der Waals surface area contributed by atoms with Crippen molar-refractivity contribution in [2.24, 2.45) is 0 Å². The van der Waals surface area contributed by atoms with Gasteiger partial charge in [0.25, 0.3) is 11.8 Å². The van der Waals surface area contributed by atoms with Crippen LogP contribution in [0.1, 0.15) is 57.3 Å². The summed E-state index contributed by atoms with van der Waals surface area (Å²) in [4.78, 5) is 23.9. The quantitative estimate of drug-likeness (QED) is 0.593. The fourth-order valence-corrected chi connectivity index (χ4v) is 4.50. The molecule has 0 saturated carbocycles. The SMILES string of the molecule is Cc1nc(C)c(C(=O)N(C)CCc2noc(-c3nn(C(C)C)c4c3COCC4)n2)s1. The van der Waals surface area contributed by atoms with Crippen molar-refractivity contribution in [3.05, 3.63) is 32.7 Å². The number of hydrogen-bond donors (Lipinski definition) is 0. The Labute approximate surface area is 179 Å². The predicted molar refractivity (Wildman–Crippen MR) is 112 cm³/mol. The van der Waals surface area contributed by atoms with Gasteiger partial charge in [0.1, 0.15) is 4.88 Å². The molecule has 4 heterocycles. The zero-order valence-corrected chi connectivity index (χ0v) is 18.7. The molecule has 1 aliphatic rings. The number of thiazole rings is 1. The van der Waals surface area contributed by atoms with Gasteiger partial charge in [-0.2, -0.15) is 10.1 Å². The van der Waals surface area contributed by atoms with E-state index in [0.717, 1.165) is 22.7 Å².